The highest BCUT2D eigenvalue weighted by Gasteiger charge is 2.02. The van der Waals surface area contributed by atoms with E-state index in [9.17, 15) is 4.48 Å². The molecule has 0 aliphatic rings. The van der Waals surface area contributed by atoms with Crippen molar-refractivity contribution in [3.63, 3.8) is 0 Å². The van der Waals surface area contributed by atoms with E-state index in [1.165, 1.54) is 0 Å². The second-order valence-electron chi connectivity index (χ2n) is 3.24. The molecule has 16 heavy (non-hydrogen) atoms. The lowest BCUT2D eigenvalue weighted by molar-refractivity contribution is 0.618. The third-order valence-corrected chi connectivity index (χ3v) is 2.21. The van der Waals surface area contributed by atoms with Crippen molar-refractivity contribution in [2.45, 2.75) is 6.92 Å². The zero-order chi connectivity index (χ0) is 12.0. The summed E-state index contributed by atoms with van der Waals surface area (Å²) in [6.45, 7) is 5.54. The van der Waals surface area contributed by atoms with E-state index in [0.717, 1.165) is 11.1 Å². The minimum absolute atomic E-state index is 0.284. The Labute approximate surface area is 94.9 Å². The molecule has 0 saturated heterocycles. The Hall–Kier alpha value is -2.03. The maximum atomic E-state index is 12.2. The highest BCUT2D eigenvalue weighted by atomic mass is 19.2. The first kappa shape index (κ1) is 12.0. The fourth-order valence-corrected chi connectivity index (χ4v) is 1.36. The number of anilines is 2. The van der Waals surface area contributed by atoms with Gasteiger partial charge in [0.25, 0.3) is 0 Å². The zero-order valence-electron chi connectivity index (χ0n) is 9.20. The van der Waals surface area contributed by atoms with Crippen LogP contribution in [0.5, 0.6) is 0 Å². The Morgan fingerprint density at radius 1 is 1.50 bits per heavy atom. The number of hydrogen-bond acceptors (Lipinski definition) is 2. The smallest absolute Gasteiger partial charge is 0.0885 e. The number of nitrogen functional groups attached to an aromatic ring is 1. The van der Waals surface area contributed by atoms with Crippen molar-refractivity contribution >= 4 is 16.9 Å². The van der Waals surface area contributed by atoms with Crippen LogP contribution in [0.25, 0.3) is 5.57 Å². The van der Waals surface area contributed by atoms with E-state index in [1.807, 2.05) is 25.2 Å². The second kappa shape index (κ2) is 5.75. The van der Waals surface area contributed by atoms with E-state index in [1.54, 1.807) is 29.8 Å². The number of nitrogens with one attached hydrogen (secondary N) is 1. The van der Waals surface area contributed by atoms with Crippen LogP contribution in [0.3, 0.4) is 0 Å². The summed E-state index contributed by atoms with van der Waals surface area (Å²) >= 11 is 0. The van der Waals surface area contributed by atoms with Crippen molar-refractivity contribution in [3.8, 4) is 0 Å². The van der Waals surface area contributed by atoms with E-state index in [4.69, 9.17) is 5.73 Å². The standard InChI is InChI=1S/C13H15FN2/c1-3-5-6-10(4-2)11-7-8-13(16-14)12(15)9-11/h3-9,16H,1,15H2,2H3/b6-5-,10-4+. The summed E-state index contributed by atoms with van der Waals surface area (Å²) in [4.78, 5) is 0. The monoisotopic (exact) mass is 218 g/mol. The lowest BCUT2D eigenvalue weighted by Gasteiger charge is -2.06. The summed E-state index contributed by atoms with van der Waals surface area (Å²) in [5.74, 6) is 0. The van der Waals surface area contributed by atoms with Crippen LogP contribution in [0.4, 0.5) is 15.9 Å². The topological polar surface area (TPSA) is 38.0 Å². The number of nitrogens with two attached hydrogens (primary N) is 1. The van der Waals surface area contributed by atoms with Gasteiger partial charge in [-0.25, -0.2) is 5.54 Å². The van der Waals surface area contributed by atoms with Gasteiger partial charge in [-0.05, 0) is 30.2 Å². The normalized spacial score (nSPS) is 11.8. The van der Waals surface area contributed by atoms with Crippen LogP contribution in [0.2, 0.25) is 0 Å². The summed E-state index contributed by atoms with van der Waals surface area (Å²) in [7, 11) is 0. The molecule has 1 aromatic rings. The highest BCUT2D eigenvalue weighted by Crippen LogP contribution is 2.24. The Kier molecular flexibility index (Phi) is 4.33. The molecule has 0 saturated carbocycles. The molecule has 0 spiro atoms. The zero-order valence-corrected chi connectivity index (χ0v) is 9.20. The summed E-state index contributed by atoms with van der Waals surface area (Å²) in [6, 6.07) is 5.14. The lowest BCUT2D eigenvalue weighted by atomic mass is 10.0. The molecule has 0 aromatic heterocycles. The van der Waals surface area contributed by atoms with Crippen LogP contribution in [0.1, 0.15) is 12.5 Å². The quantitative estimate of drug-likeness (QED) is 0.459. The summed E-state index contributed by atoms with van der Waals surface area (Å²) in [5.41, 5.74) is 9.84. The largest absolute Gasteiger partial charge is 0.397 e. The molecular weight excluding hydrogens is 203 g/mol. The van der Waals surface area contributed by atoms with Crippen LogP contribution in [-0.2, 0) is 0 Å². The molecule has 3 N–H and O–H groups in total. The Bertz CT molecular complexity index is 434. The number of benzene rings is 1. The highest BCUT2D eigenvalue weighted by molar-refractivity contribution is 5.79. The van der Waals surface area contributed by atoms with Gasteiger partial charge in [-0.2, -0.15) is 0 Å². The van der Waals surface area contributed by atoms with Crippen molar-refractivity contribution in [1.29, 1.82) is 0 Å². The third-order valence-electron chi connectivity index (χ3n) is 2.21. The Morgan fingerprint density at radius 3 is 2.75 bits per heavy atom. The van der Waals surface area contributed by atoms with Crippen molar-refractivity contribution in [2.75, 3.05) is 11.3 Å². The van der Waals surface area contributed by atoms with E-state index < -0.39 is 0 Å². The molecule has 3 heteroatoms. The molecule has 0 atom stereocenters. The minimum Gasteiger partial charge on any atom is -0.397 e. The lowest BCUT2D eigenvalue weighted by Crippen LogP contribution is -1.93. The van der Waals surface area contributed by atoms with E-state index >= 15 is 0 Å². The van der Waals surface area contributed by atoms with Gasteiger partial charge in [0.05, 0.1) is 11.4 Å². The van der Waals surface area contributed by atoms with Gasteiger partial charge in [0.2, 0.25) is 0 Å². The average Bonchev–Trinajstić information content (AvgIpc) is 2.30. The van der Waals surface area contributed by atoms with Crippen LogP contribution in [0, 0.1) is 0 Å². The van der Waals surface area contributed by atoms with Gasteiger partial charge in [-0.15, -0.1) is 4.48 Å². The van der Waals surface area contributed by atoms with Gasteiger partial charge < -0.3 is 5.73 Å². The summed E-state index contributed by atoms with van der Waals surface area (Å²) in [5, 5.41) is 0. The van der Waals surface area contributed by atoms with Gasteiger partial charge >= 0.3 is 0 Å². The van der Waals surface area contributed by atoms with E-state index in [2.05, 4.69) is 6.58 Å². The molecule has 0 radical (unpaired) electrons. The molecule has 0 amide bonds. The van der Waals surface area contributed by atoms with E-state index in [0.29, 0.717) is 5.69 Å². The van der Waals surface area contributed by atoms with Crippen LogP contribution < -0.4 is 11.3 Å². The molecule has 0 bridgehead atoms. The molecule has 1 rings (SSSR count). The fraction of sp³-hybridized carbons (Fsp3) is 0.0769. The summed E-state index contributed by atoms with van der Waals surface area (Å²) in [6.07, 6.45) is 7.42. The number of allylic oxidation sites excluding steroid dienone is 5. The first-order chi connectivity index (χ1) is 7.72. The summed E-state index contributed by atoms with van der Waals surface area (Å²) < 4.78 is 12.2. The van der Waals surface area contributed by atoms with Gasteiger partial charge in [0.15, 0.2) is 0 Å². The molecule has 1 aromatic carbocycles. The van der Waals surface area contributed by atoms with Crippen LogP contribution in [0.15, 0.2) is 49.1 Å². The van der Waals surface area contributed by atoms with Crippen molar-refractivity contribution in [1.82, 2.24) is 0 Å². The predicted octanol–water partition coefficient (Wildman–Crippen LogP) is 3.71. The molecule has 0 aliphatic heterocycles. The van der Waals surface area contributed by atoms with Gasteiger partial charge in [0, 0.05) is 0 Å². The molecule has 84 valence electrons. The first-order valence-electron chi connectivity index (χ1n) is 4.95. The molecule has 0 fully saturated rings. The molecule has 0 heterocycles. The average molecular weight is 218 g/mol. The van der Waals surface area contributed by atoms with Crippen LogP contribution in [-0.4, -0.2) is 0 Å². The number of rotatable bonds is 4. The molecule has 2 nitrogen and oxygen atoms in total. The first-order valence-corrected chi connectivity index (χ1v) is 4.95. The minimum atomic E-state index is 0.284. The number of hydrogen-bond donors (Lipinski definition) is 2. The fourth-order valence-electron chi connectivity index (χ4n) is 1.36. The van der Waals surface area contributed by atoms with Crippen molar-refractivity contribution in [2.24, 2.45) is 0 Å². The maximum absolute atomic E-state index is 12.2. The SMILES string of the molecule is C=C/C=C\C(=C/C)c1ccc(NF)c(N)c1. The molecule has 0 aliphatic carbocycles. The van der Waals surface area contributed by atoms with Gasteiger partial charge in [-0.3, -0.25) is 0 Å². The molecule has 0 unspecified atom stereocenters. The van der Waals surface area contributed by atoms with Gasteiger partial charge in [-0.1, -0.05) is 36.9 Å². The van der Waals surface area contributed by atoms with Crippen molar-refractivity contribution in [3.05, 3.63) is 54.6 Å². The second-order valence-corrected chi connectivity index (χ2v) is 3.24. The van der Waals surface area contributed by atoms with E-state index in [-0.39, 0.29) is 5.69 Å². The third kappa shape index (κ3) is 2.73. The van der Waals surface area contributed by atoms with Gasteiger partial charge in [0.1, 0.15) is 0 Å². The number of halogens is 1. The molecular formula is C13H15FN2. The maximum Gasteiger partial charge on any atom is 0.0885 e. The Morgan fingerprint density at radius 2 is 2.25 bits per heavy atom. The predicted molar refractivity (Wildman–Crippen MR) is 68.6 cm³/mol. The van der Waals surface area contributed by atoms with Crippen molar-refractivity contribution < 1.29 is 4.48 Å². The van der Waals surface area contributed by atoms with Crippen LogP contribution >= 0.6 is 0 Å². The Balaban J connectivity index is 3.08.